The SMILES string of the molecule is COC(=O)C(C)NC(=O)CCSc1ccc(Cl)cc1. The van der Waals surface area contributed by atoms with Gasteiger partial charge in [-0.2, -0.15) is 0 Å². The number of carbonyl (C=O) groups is 2. The Hall–Kier alpha value is -1.20. The molecule has 0 saturated heterocycles. The van der Waals surface area contributed by atoms with E-state index in [0.29, 0.717) is 17.2 Å². The van der Waals surface area contributed by atoms with Gasteiger partial charge in [-0.25, -0.2) is 4.79 Å². The van der Waals surface area contributed by atoms with Crippen LogP contribution in [0.5, 0.6) is 0 Å². The minimum atomic E-state index is -0.613. The van der Waals surface area contributed by atoms with Crippen molar-refractivity contribution in [1.82, 2.24) is 5.32 Å². The maximum atomic E-state index is 11.6. The minimum Gasteiger partial charge on any atom is -0.467 e. The Morgan fingerprint density at radius 2 is 2.00 bits per heavy atom. The first-order chi connectivity index (χ1) is 9.02. The lowest BCUT2D eigenvalue weighted by Crippen LogP contribution is -2.39. The Morgan fingerprint density at radius 1 is 1.37 bits per heavy atom. The number of esters is 1. The van der Waals surface area contributed by atoms with Crippen molar-refractivity contribution in [3.05, 3.63) is 29.3 Å². The van der Waals surface area contributed by atoms with E-state index in [1.54, 1.807) is 18.7 Å². The molecule has 1 amide bonds. The van der Waals surface area contributed by atoms with Crippen molar-refractivity contribution >= 4 is 35.2 Å². The molecule has 0 fully saturated rings. The summed E-state index contributed by atoms with van der Waals surface area (Å²) in [5, 5.41) is 3.27. The molecule has 0 radical (unpaired) electrons. The predicted octanol–water partition coefficient (Wildman–Crippen LogP) is 2.50. The van der Waals surface area contributed by atoms with Crippen LogP contribution in [0.2, 0.25) is 5.02 Å². The summed E-state index contributed by atoms with van der Waals surface area (Å²) >= 11 is 7.34. The molecule has 1 N–H and O–H groups in total. The van der Waals surface area contributed by atoms with Crippen molar-refractivity contribution in [3.63, 3.8) is 0 Å². The van der Waals surface area contributed by atoms with Gasteiger partial charge < -0.3 is 10.1 Å². The van der Waals surface area contributed by atoms with Crippen molar-refractivity contribution < 1.29 is 14.3 Å². The van der Waals surface area contributed by atoms with Gasteiger partial charge in [0.05, 0.1) is 7.11 Å². The fourth-order valence-electron chi connectivity index (χ4n) is 1.34. The van der Waals surface area contributed by atoms with Crippen LogP contribution < -0.4 is 5.32 Å². The van der Waals surface area contributed by atoms with E-state index < -0.39 is 12.0 Å². The number of ether oxygens (including phenoxy) is 1. The average Bonchev–Trinajstić information content (AvgIpc) is 2.40. The summed E-state index contributed by atoms with van der Waals surface area (Å²) in [7, 11) is 1.29. The molecule has 4 nitrogen and oxygen atoms in total. The summed E-state index contributed by atoms with van der Waals surface area (Å²) in [4.78, 5) is 23.7. The molecule has 0 aliphatic heterocycles. The number of halogens is 1. The monoisotopic (exact) mass is 301 g/mol. The zero-order valence-corrected chi connectivity index (χ0v) is 12.4. The molecule has 1 rings (SSSR count). The number of benzene rings is 1. The van der Waals surface area contributed by atoms with Crippen molar-refractivity contribution in [2.75, 3.05) is 12.9 Å². The molecule has 0 aromatic heterocycles. The maximum absolute atomic E-state index is 11.6. The quantitative estimate of drug-likeness (QED) is 0.648. The summed E-state index contributed by atoms with van der Waals surface area (Å²) in [6.07, 6.45) is 0.342. The van der Waals surface area contributed by atoms with Crippen LogP contribution in [0, 0.1) is 0 Å². The number of thioether (sulfide) groups is 1. The molecule has 1 aromatic rings. The largest absolute Gasteiger partial charge is 0.467 e. The molecule has 0 aliphatic rings. The molecule has 0 heterocycles. The molecule has 0 saturated carbocycles. The van der Waals surface area contributed by atoms with Crippen LogP contribution in [-0.4, -0.2) is 30.8 Å². The first-order valence-corrected chi connectivity index (χ1v) is 7.15. The topological polar surface area (TPSA) is 55.4 Å². The third-order valence-corrected chi connectivity index (χ3v) is 3.61. The van der Waals surface area contributed by atoms with Crippen molar-refractivity contribution in [1.29, 1.82) is 0 Å². The minimum absolute atomic E-state index is 0.167. The lowest BCUT2D eigenvalue weighted by Gasteiger charge is -2.11. The van der Waals surface area contributed by atoms with Crippen LogP contribution in [0.4, 0.5) is 0 Å². The third kappa shape index (κ3) is 5.98. The molecule has 0 bridgehead atoms. The number of methoxy groups -OCH3 is 1. The van der Waals surface area contributed by atoms with Gasteiger partial charge in [0.1, 0.15) is 6.04 Å². The highest BCUT2D eigenvalue weighted by Gasteiger charge is 2.15. The van der Waals surface area contributed by atoms with Gasteiger partial charge in [0.25, 0.3) is 0 Å². The van der Waals surface area contributed by atoms with Crippen LogP contribution in [0.25, 0.3) is 0 Å². The Bertz CT molecular complexity index is 436. The summed E-state index contributed by atoms with van der Waals surface area (Å²) in [5.41, 5.74) is 0. The van der Waals surface area contributed by atoms with E-state index in [2.05, 4.69) is 10.1 Å². The molecule has 0 spiro atoms. The Morgan fingerprint density at radius 3 is 2.58 bits per heavy atom. The highest BCUT2D eigenvalue weighted by Crippen LogP contribution is 2.20. The number of amides is 1. The molecular weight excluding hydrogens is 286 g/mol. The Balaban J connectivity index is 2.27. The zero-order chi connectivity index (χ0) is 14.3. The standard InChI is InChI=1S/C13H16ClNO3S/c1-9(13(17)18-2)15-12(16)7-8-19-11-5-3-10(14)4-6-11/h3-6,9H,7-8H2,1-2H3,(H,15,16). The molecule has 1 aromatic carbocycles. The summed E-state index contributed by atoms with van der Waals surface area (Å²) in [6.45, 7) is 1.59. The highest BCUT2D eigenvalue weighted by atomic mass is 35.5. The zero-order valence-electron chi connectivity index (χ0n) is 10.8. The van der Waals surface area contributed by atoms with Gasteiger partial charge in [-0.3, -0.25) is 4.79 Å². The first-order valence-electron chi connectivity index (χ1n) is 5.78. The number of nitrogens with one attached hydrogen (secondary N) is 1. The second-order valence-corrected chi connectivity index (χ2v) is 5.47. The molecule has 6 heteroatoms. The van der Waals surface area contributed by atoms with E-state index in [9.17, 15) is 9.59 Å². The van der Waals surface area contributed by atoms with Crippen LogP contribution in [-0.2, 0) is 14.3 Å². The Labute approximate surface area is 121 Å². The summed E-state index contributed by atoms with van der Waals surface area (Å²) in [6, 6.07) is 6.81. The van der Waals surface area contributed by atoms with E-state index in [0.717, 1.165) is 4.90 Å². The highest BCUT2D eigenvalue weighted by molar-refractivity contribution is 7.99. The maximum Gasteiger partial charge on any atom is 0.328 e. The number of carbonyl (C=O) groups excluding carboxylic acids is 2. The van der Waals surface area contributed by atoms with Gasteiger partial charge in [0.15, 0.2) is 0 Å². The van der Waals surface area contributed by atoms with Crippen LogP contribution in [0.15, 0.2) is 29.2 Å². The molecular formula is C13H16ClNO3S. The molecule has 1 atom stereocenters. The second-order valence-electron chi connectivity index (χ2n) is 3.86. The molecule has 104 valence electrons. The molecule has 1 unspecified atom stereocenters. The van der Waals surface area contributed by atoms with Gasteiger partial charge in [-0.1, -0.05) is 11.6 Å². The van der Waals surface area contributed by atoms with E-state index in [1.807, 2.05) is 24.3 Å². The van der Waals surface area contributed by atoms with Crippen molar-refractivity contribution in [2.24, 2.45) is 0 Å². The molecule has 19 heavy (non-hydrogen) atoms. The summed E-state index contributed by atoms with van der Waals surface area (Å²) in [5.74, 6) is 0.0273. The van der Waals surface area contributed by atoms with Crippen molar-refractivity contribution in [2.45, 2.75) is 24.3 Å². The fourth-order valence-corrected chi connectivity index (χ4v) is 2.32. The van der Waals surface area contributed by atoms with E-state index in [4.69, 9.17) is 11.6 Å². The van der Waals surface area contributed by atoms with E-state index in [1.165, 1.54) is 7.11 Å². The average molecular weight is 302 g/mol. The summed E-state index contributed by atoms with van der Waals surface area (Å²) < 4.78 is 4.53. The second kappa shape index (κ2) is 8.07. The lowest BCUT2D eigenvalue weighted by molar-refractivity contribution is -0.144. The Kier molecular flexibility index (Phi) is 6.73. The van der Waals surface area contributed by atoms with E-state index >= 15 is 0 Å². The van der Waals surface area contributed by atoms with Gasteiger partial charge in [0.2, 0.25) is 5.91 Å². The van der Waals surface area contributed by atoms with Gasteiger partial charge in [-0.15, -0.1) is 11.8 Å². The predicted molar refractivity (Wildman–Crippen MR) is 76.4 cm³/mol. The third-order valence-electron chi connectivity index (χ3n) is 2.34. The number of rotatable bonds is 6. The fraction of sp³-hybridized carbons (Fsp3) is 0.385. The van der Waals surface area contributed by atoms with Crippen molar-refractivity contribution in [3.8, 4) is 0 Å². The van der Waals surface area contributed by atoms with Gasteiger partial charge >= 0.3 is 5.97 Å². The van der Waals surface area contributed by atoms with Gasteiger partial charge in [0, 0.05) is 22.1 Å². The van der Waals surface area contributed by atoms with Crippen LogP contribution >= 0.6 is 23.4 Å². The number of hydrogen-bond acceptors (Lipinski definition) is 4. The molecule has 0 aliphatic carbocycles. The first kappa shape index (κ1) is 15.9. The number of hydrogen-bond donors (Lipinski definition) is 1. The normalized spacial score (nSPS) is 11.7. The van der Waals surface area contributed by atoms with E-state index in [-0.39, 0.29) is 5.91 Å². The smallest absolute Gasteiger partial charge is 0.328 e. The van der Waals surface area contributed by atoms with Crippen LogP contribution in [0.1, 0.15) is 13.3 Å². The van der Waals surface area contributed by atoms with Gasteiger partial charge in [-0.05, 0) is 31.2 Å². The lowest BCUT2D eigenvalue weighted by atomic mass is 10.3. The van der Waals surface area contributed by atoms with Crippen LogP contribution in [0.3, 0.4) is 0 Å².